The molecule has 0 saturated carbocycles. The molecule has 1 aliphatic heterocycles. The van der Waals surface area contributed by atoms with Crippen LogP contribution in [0.25, 0.3) is 0 Å². The minimum Gasteiger partial charge on any atom is -0.394 e. The van der Waals surface area contributed by atoms with E-state index in [0.717, 1.165) is 6.42 Å². The number of nitrogens with one attached hydrogen (secondary N) is 1. The highest BCUT2D eigenvalue weighted by Gasteiger charge is 2.29. The quantitative estimate of drug-likeness (QED) is 0.627. The Morgan fingerprint density at radius 3 is 2.47 bits per heavy atom. The second-order valence-electron chi connectivity index (χ2n) is 5.35. The van der Waals surface area contributed by atoms with Gasteiger partial charge in [-0.15, -0.1) is 0 Å². The lowest BCUT2D eigenvalue weighted by atomic mass is 9.94. The van der Waals surface area contributed by atoms with Gasteiger partial charge >= 0.3 is 0 Å². The predicted octanol–water partition coefficient (Wildman–Crippen LogP) is 0.198. The molecule has 2 unspecified atom stereocenters. The van der Waals surface area contributed by atoms with Crippen molar-refractivity contribution >= 4 is 10.2 Å². The van der Waals surface area contributed by atoms with Gasteiger partial charge in [0.15, 0.2) is 0 Å². The van der Waals surface area contributed by atoms with E-state index < -0.39 is 10.2 Å². The summed E-state index contributed by atoms with van der Waals surface area (Å²) in [5.74, 6) is 0.821. The van der Waals surface area contributed by atoms with E-state index in [1.807, 2.05) is 0 Å². The summed E-state index contributed by atoms with van der Waals surface area (Å²) >= 11 is 0. The van der Waals surface area contributed by atoms with Crippen molar-refractivity contribution in [2.24, 2.45) is 11.8 Å². The minimum absolute atomic E-state index is 0.00468. The zero-order chi connectivity index (χ0) is 14.3. The third kappa shape index (κ3) is 6.18. The lowest BCUT2D eigenvalue weighted by Crippen LogP contribution is -2.48. The summed E-state index contributed by atoms with van der Waals surface area (Å²) in [5, 5.41) is 8.53. The van der Waals surface area contributed by atoms with Crippen LogP contribution in [0.1, 0.15) is 26.7 Å². The summed E-state index contributed by atoms with van der Waals surface area (Å²) in [7, 11) is -3.36. The Hall–Kier alpha value is -0.210. The predicted molar refractivity (Wildman–Crippen MR) is 74.0 cm³/mol. The highest BCUT2D eigenvalue weighted by Crippen LogP contribution is 2.22. The van der Waals surface area contributed by atoms with Gasteiger partial charge in [-0.3, -0.25) is 0 Å². The van der Waals surface area contributed by atoms with Crippen molar-refractivity contribution < 1.29 is 18.3 Å². The maximum Gasteiger partial charge on any atom is 0.279 e. The number of nitrogens with zero attached hydrogens (tertiary/aromatic N) is 1. The fraction of sp³-hybridized carbons (Fsp3) is 1.00. The Morgan fingerprint density at radius 2 is 1.89 bits per heavy atom. The average molecular weight is 294 g/mol. The second-order valence-corrected chi connectivity index (χ2v) is 7.11. The maximum absolute atomic E-state index is 12.1. The number of aliphatic hydroxyl groups excluding tert-OH is 1. The zero-order valence-electron chi connectivity index (χ0n) is 11.8. The van der Waals surface area contributed by atoms with E-state index in [0.29, 0.717) is 51.1 Å². The normalized spacial score (nSPS) is 25.6. The van der Waals surface area contributed by atoms with Crippen LogP contribution in [0.5, 0.6) is 0 Å². The number of ether oxygens (including phenoxy) is 1. The Bertz CT molecular complexity index is 338. The van der Waals surface area contributed by atoms with Crippen molar-refractivity contribution in [3.63, 3.8) is 0 Å². The largest absolute Gasteiger partial charge is 0.394 e. The van der Waals surface area contributed by atoms with E-state index in [1.54, 1.807) is 4.31 Å². The van der Waals surface area contributed by atoms with Crippen molar-refractivity contribution in [2.45, 2.75) is 26.7 Å². The van der Waals surface area contributed by atoms with Gasteiger partial charge < -0.3 is 9.84 Å². The Balaban J connectivity index is 2.30. The monoisotopic (exact) mass is 294 g/mol. The number of hydrogen-bond acceptors (Lipinski definition) is 4. The summed E-state index contributed by atoms with van der Waals surface area (Å²) in [6, 6.07) is 0. The molecule has 0 aromatic heterocycles. The summed E-state index contributed by atoms with van der Waals surface area (Å²) in [6.07, 6.45) is 1.69. The average Bonchev–Trinajstić information content (AvgIpc) is 2.32. The Labute approximate surface area is 116 Å². The molecule has 7 heteroatoms. The summed E-state index contributed by atoms with van der Waals surface area (Å²) in [6.45, 7) is 6.48. The molecule has 0 aromatic rings. The van der Waals surface area contributed by atoms with Crippen molar-refractivity contribution in [1.82, 2.24) is 9.03 Å². The van der Waals surface area contributed by atoms with E-state index in [9.17, 15) is 8.42 Å². The minimum atomic E-state index is -3.36. The lowest BCUT2D eigenvalue weighted by molar-refractivity contribution is 0.0912. The van der Waals surface area contributed by atoms with Gasteiger partial charge in [-0.05, 0) is 24.7 Å². The molecule has 0 aliphatic carbocycles. The van der Waals surface area contributed by atoms with Crippen LogP contribution < -0.4 is 4.72 Å². The van der Waals surface area contributed by atoms with Crippen molar-refractivity contribution in [3.8, 4) is 0 Å². The number of piperidine rings is 1. The third-order valence-corrected chi connectivity index (χ3v) is 4.71. The summed E-state index contributed by atoms with van der Waals surface area (Å²) in [4.78, 5) is 0. The van der Waals surface area contributed by atoms with Crippen LogP contribution in [0.3, 0.4) is 0 Å². The van der Waals surface area contributed by atoms with Crippen LogP contribution in [0.15, 0.2) is 0 Å². The van der Waals surface area contributed by atoms with E-state index in [-0.39, 0.29) is 6.61 Å². The molecule has 0 radical (unpaired) electrons. The summed E-state index contributed by atoms with van der Waals surface area (Å²) in [5.41, 5.74) is 0. The lowest BCUT2D eigenvalue weighted by Gasteiger charge is -2.33. The maximum atomic E-state index is 12.1. The van der Waals surface area contributed by atoms with E-state index >= 15 is 0 Å². The van der Waals surface area contributed by atoms with Gasteiger partial charge in [-0.1, -0.05) is 13.8 Å². The fourth-order valence-corrected chi connectivity index (χ4v) is 3.92. The van der Waals surface area contributed by atoms with Gasteiger partial charge in [0.05, 0.1) is 13.2 Å². The standard InChI is InChI=1S/C12H26N2O4S/c1-11-8-12(2)10-14(9-11)19(16,17)13-4-3-6-18-7-5-15/h11-13,15H,3-10H2,1-2H3. The van der Waals surface area contributed by atoms with Crippen LogP contribution in [0.4, 0.5) is 0 Å². The van der Waals surface area contributed by atoms with Gasteiger partial charge in [0.25, 0.3) is 10.2 Å². The third-order valence-electron chi connectivity index (χ3n) is 3.16. The number of hydrogen-bond donors (Lipinski definition) is 2. The van der Waals surface area contributed by atoms with Crippen LogP contribution >= 0.6 is 0 Å². The van der Waals surface area contributed by atoms with Gasteiger partial charge in [-0.2, -0.15) is 12.7 Å². The molecular formula is C12H26N2O4S. The molecule has 0 spiro atoms. The van der Waals surface area contributed by atoms with E-state index in [1.165, 1.54) is 0 Å². The highest BCUT2D eigenvalue weighted by molar-refractivity contribution is 7.87. The molecule has 0 aromatic carbocycles. The molecule has 1 fully saturated rings. The molecule has 6 nitrogen and oxygen atoms in total. The van der Waals surface area contributed by atoms with Crippen LogP contribution in [0, 0.1) is 11.8 Å². The molecule has 1 rings (SSSR count). The first-order valence-corrected chi connectivity index (χ1v) is 8.33. The Kier molecular flexibility index (Phi) is 7.23. The van der Waals surface area contributed by atoms with Crippen LogP contribution in [0.2, 0.25) is 0 Å². The molecule has 0 bridgehead atoms. The molecule has 2 N–H and O–H groups in total. The molecule has 19 heavy (non-hydrogen) atoms. The fourth-order valence-electron chi connectivity index (χ4n) is 2.44. The molecular weight excluding hydrogens is 268 g/mol. The first kappa shape index (κ1) is 16.8. The smallest absolute Gasteiger partial charge is 0.279 e. The zero-order valence-corrected chi connectivity index (χ0v) is 12.7. The van der Waals surface area contributed by atoms with Gasteiger partial charge in [-0.25, -0.2) is 4.72 Å². The van der Waals surface area contributed by atoms with Gasteiger partial charge in [0, 0.05) is 26.2 Å². The number of rotatable bonds is 8. The topological polar surface area (TPSA) is 78.9 Å². The molecule has 0 amide bonds. The molecule has 1 aliphatic rings. The van der Waals surface area contributed by atoms with E-state index in [2.05, 4.69) is 18.6 Å². The summed E-state index contributed by atoms with van der Waals surface area (Å²) < 4.78 is 33.4. The second kappa shape index (κ2) is 8.16. The molecule has 2 atom stereocenters. The van der Waals surface area contributed by atoms with Gasteiger partial charge in [0.2, 0.25) is 0 Å². The van der Waals surface area contributed by atoms with Crippen LogP contribution in [-0.4, -0.2) is 57.3 Å². The molecule has 1 heterocycles. The van der Waals surface area contributed by atoms with Crippen molar-refractivity contribution in [2.75, 3.05) is 39.5 Å². The van der Waals surface area contributed by atoms with Gasteiger partial charge in [0.1, 0.15) is 0 Å². The SMILES string of the molecule is CC1CC(C)CN(S(=O)(=O)NCCCOCCO)C1. The van der Waals surface area contributed by atoms with Crippen molar-refractivity contribution in [3.05, 3.63) is 0 Å². The highest BCUT2D eigenvalue weighted by atomic mass is 32.2. The number of aliphatic hydroxyl groups is 1. The van der Waals surface area contributed by atoms with Crippen LogP contribution in [-0.2, 0) is 14.9 Å². The molecule has 114 valence electrons. The Morgan fingerprint density at radius 1 is 1.26 bits per heavy atom. The van der Waals surface area contributed by atoms with Crippen molar-refractivity contribution in [1.29, 1.82) is 0 Å². The first-order valence-electron chi connectivity index (χ1n) is 6.89. The first-order chi connectivity index (χ1) is 8.95. The van der Waals surface area contributed by atoms with E-state index in [4.69, 9.17) is 9.84 Å². The molecule has 1 saturated heterocycles.